The van der Waals surface area contributed by atoms with E-state index < -0.39 is 0 Å². The van der Waals surface area contributed by atoms with E-state index in [4.69, 9.17) is 4.74 Å². The van der Waals surface area contributed by atoms with Crippen molar-refractivity contribution >= 4 is 6.29 Å². The highest BCUT2D eigenvalue weighted by Crippen LogP contribution is 2.14. The highest BCUT2D eigenvalue weighted by molar-refractivity contribution is 5.52. The second-order valence-electron chi connectivity index (χ2n) is 3.54. The first-order valence-electron chi connectivity index (χ1n) is 4.11. The molecule has 2 heteroatoms. The first kappa shape index (κ1) is 10.6. The smallest absolute Gasteiger partial charge is 0.125 e. The molecule has 0 amide bonds. The van der Waals surface area contributed by atoms with E-state index in [9.17, 15) is 4.79 Å². The van der Waals surface area contributed by atoms with Crippen molar-refractivity contribution in [1.82, 2.24) is 0 Å². The number of carbonyl (C=O) groups is 1. The summed E-state index contributed by atoms with van der Waals surface area (Å²) in [5.41, 5.74) is -0.0860. The summed E-state index contributed by atoms with van der Waals surface area (Å²) in [5.74, 6) is 0.0147. The molecule has 0 saturated heterocycles. The Bertz CT molecular complexity index is 119. The SMILES string of the molecule is CCC(C)(C)OCC(C)C=O. The molecule has 0 bridgehead atoms. The van der Waals surface area contributed by atoms with Crippen LogP contribution in [0.15, 0.2) is 0 Å². The predicted octanol–water partition coefficient (Wildman–Crippen LogP) is 2.03. The van der Waals surface area contributed by atoms with Crippen LogP contribution in [0.2, 0.25) is 0 Å². The topological polar surface area (TPSA) is 26.3 Å². The molecular weight excluding hydrogens is 140 g/mol. The van der Waals surface area contributed by atoms with Crippen LogP contribution in [0.4, 0.5) is 0 Å². The van der Waals surface area contributed by atoms with Crippen LogP contribution in [-0.4, -0.2) is 18.5 Å². The van der Waals surface area contributed by atoms with Gasteiger partial charge in [0.25, 0.3) is 0 Å². The molecule has 0 heterocycles. The first-order chi connectivity index (χ1) is 5.02. The monoisotopic (exact) mass is 158 g/mol. The van der Waals surface area contributed by atoms with Crippen LogP contribution in [-0.2, 0) is 9.53 Å². The van der Waals surface area contributed by atoms with Crippen LogP contribution in [0, 0.1) is 5.92 Å². The van der Waals surface area contributed by atoms with Gasteiger partial charge in [0.05, 0.1) is 12.2 Å². The Labute approximate surface area is 68.9 Å². The zero-order valence-corrected chi connectivity index (χ0v) is 7.89. The fraction of sp³-hybridized carbons (Fsp3) is 0.889. The van der Waals surface area contributed by atoms with Gasteiger partial charge in [-0.3, -0.25) is 0 Å². The van der Waals surface area contributed by atoms with Gasteiger partial charge >= 0.3 is 0 Å². The highest BCUT2D eigenvalue weighted by atomic mass is 16.5. The Hall–Kier alpha value is -0.370. The van der Waals surface area contributed by atoms with Crippen molar-refractivity contribution in [3.8, 4) is 0 Å². The normalized spacial score (nSPS) is 14.5. The number of hydrogen-bond donors (Lipinski definition) is 0. The lowest BCUT2D eigenvalue weighted by atomic mass is 10.1. The van der Waals surface area contributed by atoms with Crippen LogP contribution in [0.5, 0.6) is 0 Å². The average Bonchev–Trinajstić information content (AvgIpc) is 2.00. The van der Waals surface area contributed by atoms with E-state index in [1.54, 1.807) is 0 Å². The van der Waals surface area contributed by atoms with Crippen molar-refractivity contribution in [1.29, 1.82) is 0 Å². The maximum atomic E-state index is 10.2. The van der Waals surface area contributed by atoms with Crippen molar-refractivity contribution in [3.05, 3.63) is 0 Å². The summed E-state index contributed by atoms with van der Waals surface area (Å²) in [6, 6.07) is 0. The number of hydrogen-bond acceptors (Lipinski definition) is 2. The molecule has 0 spiro atoms. The molecule has 0 fully saturated rings. The molecule has 1 atom stereocenters. The predicted molar refractivity (Wildman–Crippen MR) is 45.6 cm³/mol. The molecule has 66 valence electrons. The Morgan fingerprint density at radius 2 is 2.09 bits per heavy atom. The van der Waals surface area contributed by atoms with Gasteiger partial charge in [0.15, 0.2) is 0 Å². The quantitative estimate of drug-likeness (QED) is 0.572. The number of rotatable bonds is 5. The molecule has 0 radical (unpaired) electrons. The van der Waals surface area contributed by atoms with Gasteiger partial charge in [-0.25, -0.2) is 0 Å². The zero-order chi connectivity index (χ0) is 8.91. The number of carbonyl (C=O) groups excluding carboxylic acids is 1. The standard InChI is InChI=1S/C9H18O2/c1-5-9(3,4)11-7-8(2)6-10/h6,8H,5,7H2,1-4H3. The van der Waals surface area contributed by atoms with Gasteiger partial charge in [-0.05, 0) is 20.3 Å². The third-order valence-corrected chi connectivity index (χ3v) is 1.82. The summed E-state index contributed by atoms with van der Waals surface area (Å²) in [6.45, 7) is 8.53. The van der Waals surface area contributed by atoms with Crippen LogP contribution >= 0.6 is 0 Å². The van der Waals surface area contributed by atoms with Gasteiger partial charge in [-0.1, -0.05) is 13.8 Å². The summed E-state index contributed by atoms with van der Waals surface area (Å²) in [5, 5.41) is 0. The molecule has 0 rings (SSSR count). The van der Waals surface area contributed by atoms with Crippen molar-refractivity contribution < 1.29 is 9.53 Å². The minimum Gasteiger partial charge on any atom is -0.375 e. The van der Waals surface area contributed by atoms with E-state index in [2.05, 4.69) is 6.92 Å². The molecule has 0 aromatic carbocycles. The first-order valence-corrected chi connectivity index (χ1v) is 4.11. The summed E-state index contributed by atoms with van der Waals surface area (Å²) >= 11 is 0. The van der Waals surface area contributed by atoms with E-state index in [0.717, 1.165) is 12.7 Å². The zero-order valence-electron chi connectivity index (χ0n) is 7.89. The molecular formula is C9H18O2. The Balaban J connectivity index is 3.60. The number of ether oxygens (including phenoxy) is 1. The molecule has 11 heavy (non-hydrogen) atoms. The van der Waals surface area contributed by atoms with E-state index in [1.165, 1.54) is 0 Å². The number of aldehydes is 1. The second-order valence-corrected chi connectivity index (χ2v) is 3.54. The minimum absolute atomic E-state index is 0.0147. The Morgan fingerprint density at radius 3 is 2.45 bits per heavy atom. The average molecular weight is 158 g/mol. The van der Waals surface area contributed by atoms with Crippen LogP contribution in [0.3, 0.4) is 0 Å². The van der Waals surface area contributed by atoms with Crippen LogP contribution in [0.25, 0.3) is 0 Å². The van der Waals surface area contributed by atoms with E-state index >= 15 is 0 Å². The third kappa shape index (κ3) is 4.96. The fourth-order valence-corrected chi connectivity index (χ4v) is 0.498. The van der Waals surface area contributed by atoms with Crippen molar-refractivity contribution in [2.45, 2.75) is 39.7 Å². The van der Waals surface area contributed by atoms with Gasteiger partial charge in [0.2, 0.25) is 0 Å². The Morgan fingerprint density at radius 1 is 1.55 bits per heavy atom. The molecule has 0 aromatic heterocycles. The lowest BCUT2D eigenvalue weighted by Crippen LogP contribution is -2.26. The maximum absolute atomic E-state index is 10.2. The molecule has 1 unspecified atom stereocenters. The van der Waals surface area contributed by atoms with Gasteiger partial charge in [-0.15, -0.1) is 0 Å². The summed E-state index contributed by atoms with van der Waals surface area (Å²) in [4.78, 5) is 10.2. The molecule has 0 aliphatic heterocycles. The van der Waals surface area contributed by atoms with Crippen molar-refractivity contribution in [3.63, 3.8) is 0 Å². The summed E-state index contributed by atoms with van der Waals surface area (Å²) in [7, 11) is 0. The van der Waals surface area contributed by atoms with Gasteiger partial charge in [0, 0.05) is 5.92 Å². The van der Waals surface area contributed by atoms with E-state index in [1.807, 2.05) is 20.8 Å². The largest absolute Gasteiger partial charge is 0.375 e. The maximum Gasteiger partial charge on any atom is 0.125 e. The molecule has 0 saturated carbocycles. The Kier molecular flexibility index (Phi) is 4.34. The lowest BCUT2D eigenvalue weighted by molar-refractivity contribution is -0.114. The molecule has 2 nitrogen and oxygen atoms in total. The third-order valence-electron chi connectivity index (χ3n) is 1.82. The fourth-order valence-electron chi connectivity index (χ4n) is 0.498. The molecule has 0 N–H and O–H groups in total. The summed E-state index contributed by atoms with van der Waals surface area (Å²) in [6.07, 6.45) is 1.89. The van der Waals surface area contributed by atoms with Gasteiger partial charge < -0.3 is 9.53 Å². The minimum atomic E-state index is -0.0860. The highest BCUT2D eigenvalue weighted by Gasteiger charge is 2.16. The lowest BCUT2D eigenvalue weighted by Gasteiger charge is -2.24. The second kappa shape index (κ2) is 4.50. The van der Waals surface area contributed by atoms with E-state index in [0.29, 0.717) is 6.61 Å². The molecule has 0 aliphatic rings. The summed E-state index contributed by atoms with van der Waals surface area (Å²) < 4.78 is 5.50. The van der Waals surface area contributed by atoms with Crippen molar-refractivity contribution in [2.24, 2.45) is 5.92 Å². The van der Waals surface area contributed by atoms with Crippen molar-refractivity contribution in [2.75, 3.05) is 6.61 Å². The van der Waals surface area contributed by atoms with Gasteiger partial charge in [0.1, 0.15) is 6.29 Å². The van der Waals surface area contributed by atoms with Crippen LogP contribution in [0.1, 0.15) is 34.1 Å². The molecule has 0 aromatic rings. The van der Waals surface area contributed by atoms with E-state index in [-0.39, 0.29) is 11.5 Å². The van der Waals surface area contributed by atoms with Crippen LogP contribution < -0.4 is 0 Å². The molecule has 0 aliphatic carbocycles. The van der Waals surface area contributed by atoms with Gasteiger partial charge in [-0.2, -0.15) is 0 Å².